The zero-order valence-corrected chi connectivity index (χ0v) is 15.4. The van der Waals surface area contributed by atoms with Gasteiger partial charge in [-0.2, -0.15) is 0 Å². The molecule has 0 atom stereocenters. The van der Waals surface area contributed by atoms with Crippen LogP contribution in [-0.4, -0.2) is 38.8 Å². The summed E-state index contributed by atoms with van der Waals surface area (Å²) in [5.74, 6) is -1.27. The van der Waals surface area contributed by atoms with E-state index in [9.17, 15) is 28.1 Å². The molecule has 2 aromatic rings. The number of methoxy groups -OCH3 is 1. The van der Waals surface area contributed by atoms with E-state index in [4.69, 9.17) is 9.88 Å². The van der Waals surface area contributed by atoms with Crippen LogP contribution in [0.5, 0.6) is 5.75 Å². The molecule has 0 saturated carbocycles. The van der Waals surface area contributed by atoms with Gasteiger partial charge in [-0.05, 0) is 36.4 Å². The summed E-state index contributed by atoms with van der Waals surface area (Å²) in [7, 11) is -2.58. The lowest BCUT2D eigenvalue weighted by Gasteiger charge is -2.08. The van der Waals surface area contributed by atoms with Crippen LogP contribution >= 0.6 is 0 Å². The normalized spacial score (nSPS) is 10.8. The molecule has 0 radical (unpaired) electrons. The number of rotatable bonds is 7. The van der Waals surface area contributed by atoms with Crippen LogP contribution in [0.4, 0.5) is 11.4 Å². The first-order valence-corrected chi connectivity index (χ1v) is 9.20. The van der Waals surface area contributed by atoms with E-state index in [-0.39, 0.29) is 21.9 Å². The van der Waals surface area contributed by atoms with E-state index in [0.717, 1.165) is 6.07 Å². The van der Waals surface area contributed by atoms with Gasteiger partial charge >= 0.3 is 5.69 Å². The zero-order valence-electron chi connectivity index (χ0n) is 14.5. The minimum Gasteiger partial charge on any atom is -0.490 e. The second kappa shape index (κ2) is 8.45. The van der Waals surface area contributed by atoms with E-state index >= 15 is 0 Å². The van der Waals surface area contributed by atoms with Crippen molar-refractivity contribution in [2.24, 2.45) is 5.14 Å². The number of nitro groups is 1. The summed E-state index contributed by atoms with van der Waals surface area (Å²) in [6.07, 6.45) is 0. The van der Waals surface area contributed by atoms with Crippen molar-refractivity contribution in [1.29, 1.82) is 0 Å². The van der Waals surface area contributed by atoms with Gasteiger partial charge in [0.25, 0.3) is 5.91 Å². The van der Waals surface area contributed by atoms with Gasteiger partial charge < -0.3 is 15.4 Å². The summed E-state index contributed by atoms with van der Waals surface area (Å²) >= 11 is 0. The molecule has 0 heterocycles. The fourth-order valence-corrected chi connectivity index (χ4v) is 2.69. The molecule has 0 aliphatic rings. The number of nitrogens with one attached hydrogen (secondary N) is 2. The largest absolute Gasteiger partial charge is 0.490 e. The minimum atomic E-state index is -3.84. The van der Waals surface area contributed by atoms with Crippen molar-refractivity contribution in [1.82, 2.24) is 5.32 Å². The second-order valence-electron chi connectivity index (χ2n) is 5.44. The molecule has 0 saturated heterocycles. The third-order valence-electron chi connectivity index (χ3n) is 3.51. The Morgan fingerprint density at radius 1 is 1.18 bits per heavy atom. The molecular weight excluding hydrogens is 392 g/mol. The van der Waals surface area contributed by atoms with Gasteiger partial charge in [-0.3, -0.25) is 19.7 Å². The van der Waals surface area contributed by atoms with Crippen molar-refractivity contribution in [2.75, 3.05) is 19.0 Å². The monoisotopic (exact) mass is 408 g/mol. The van der Waals surface area contributed by atoms with E-state index in [1.807, 2.05) is 0 Å². The summed E-state index contributed by atoms with van der Waals surface area (Å²) in [4.78, 5) is 34.2. The zero-order chi connectivity index (χ0) is 20.9. The Labute approximate surface area is 159 Å². The first kappa shape index (κ1) is 20.8. The van der Waals surface area contributed by atoms with Crippen LogP contribution < -0.4 is 20.5 Å². The van der Waals surface area contributed by atoms with Crippen molar-refractivity contribution in [3.05, 3.63) is 58.1 Å². The third-order valence-corrected chi connectivity index (χ3v) is 4.44. The number of hydrogen-bond acceptors (Lipinski definition) is 7. The lowest BCUT2D eigenvalue weighted by Crippen LogP contribution is -2.32. The molecule has 4 N–H and O–H groups in total. The maximum absolute atomic E-state index is 12.1. The van der Waals surface area contributed by atoms with E-state index in [0.29, 0.717) is 5.69 Å². The number of anilines is 1. The standard InChI is InChI=1S/C16H16N4O7S/c1-27-14-7-2-10(8-13(14)20(23)24)16(22)18-9-15(21)19-11-3-5-12(6-4-11)28(17,25)26/h2-8H,9H2,1H3,(H,18,22)(H,19,21)(H2,17,25,26). The lowest BCUT2D eigenvalue weighted by molar-refractivity contribution is -0.385. The van der Waals surface area contributed by atoms with Gasteiger partial charge in [0.15, 0.2) is 5.75 Å². The number of nitro benzene ring substituents is 1. The van der Waals surface area contributed by atoms with E-state index in [2.05, 4.69) is 10.6 Å². The summed E-state index contributed by atoms with van der Waals surface area (Å²) in [5.41, 5.74) is -0.0981. The Morgan fingerprint density at radius 3 is 2.36 bits per heavy atom. The predicted molar refractivity (Wildman–Crippen MR) is 98.4 cm³/mol. The number of benzene rings is 2. The molecule has 0 spiro atoms. The van der Waals surface area contributed by atoms with Crippen molar-refractivity contribution < 1.29 is 27.7 Å². The van der Waals surface area contributed by atoms with Crippen LogP contribution in [0.2, 0.25) is 0 Å². The summed E-state index contributed by atoms with van der Waals surface area (Å²) < 4.78 is 27.2. The maximum Gasteiger partial charge on any atom is 0.311 e. The molecule has 2 aromatic carbocycles. The van der Waals surface area contributed by atoms with E-state index in [1.165, 1.54) is 43.5 Å². The number of hydrogen-bond donors (Lipinski definition) is 3. The van der Waals surface area contributed by atoms with E-state index < -0.39 is 33.3 Å². The Hall–Kier alpha value is -3.51. The number of sulfonamides is 1. The third kappa shape index (κ3) is 5.25. The van der Waals surface area contributed by atoms with Crippen molar-refractivity contribution >= 4 is 33.2 Å². The highest BCUT2D eigenvalue weighted by Gasteiger charge is 2.18. The number of nitrogens with zero attached hydrogens (tertiary/aromatic N) is 1. The molecule has 0 aliphatic carbocycles. The van der Waals surface area contributed by atoms with Gasteiger partial charge in [0.1, 0.15) is 0 Å². The molecule has 28 heavy (non-hydrogen) atoms. The molecule has 0 unspecified atom stereocenters. The number of carbonyl (C=O) groups excluding carboxylic acids is 2. The molecule has 0 fully saturated rings. The molecular formula is C16H16N4O7S. The molecule has 2 amide bonds. The van der Waals surface area contributed by atoms with Crippen LogP contribution in [0.3, 0.4) is 0 Å². The Kier molecular flexibility index (Phi) is 6.28. The van der Waals surface area contributed by atoms with Gasteiger partial charge in [0, 0.05) is 17.3 Å². The molecule has 12 heteroatoms. The molecule has 2 rings (SSSR count). The second-order valence-corrected chi connectivity index (χ2v) is 7.01. The Morgan fingerprint density at radius 2 is 1.82 bits per heavy atom. The van der Waals surface area contributed by atoms with Gasteiger partial charge in [-0.15, -0.1) is 0 Å². The fraction of sp³-hybridized carbons (Fsp3) is 0.125. The summed E-state index contributed by atoms with van der Waals surface area (Å²) in [6.45, 7) is -0.407. The molecule has 148 valence electrons. The fourth-order valence-electron chi connectivity index (χ4n) is 2.17. The van der Waals surface area contributed by atoms with Gasteiger partial charge in [-0.1, -0.05) is 0 Å². The number of carbonyl (C=O) groups is 2. The average molecular weight is 408 g/mol. The minimum absolute atomic E-state index is 0.00207. The van der Waals surface area contributed by atoms with E-state index in [1.54, 1.807) is 0 Å². The first-order valence-electron chi connectivity index (χ1n) is 7.65. The van der Waals surface area contributed by atoms with Crippen molar-refractivity contribution in [3.8, 4) is 5.75 Å². The van der Waals surface area contributed by atoms with Crippen LogP contribution in [0.15, 0.2) is 47.4 Å². The number of ether oxygens (including phenoxy) is 1. The number of primary sulfonamides is 1. The van der Waals surface area contributed by atoms with Gasteiger partial charge in [0.2, 0.25) is 15.9 Å². The quantitative estimate of drug-likeness (QED) is 0.445. The summed E-state index contributed by atoms with van der Waals surface area (Å²) in [6, 6.07) is 8.77. The lowest BCUT2D eigenvalue weighted by atomic mass is 10.1. The Bertz CT molecular complexity index is 1020. The van der Waals surface area contributed by atoms with Crippen LogP contribution in [0.25, 0.3) is 0 Å². The highest BCUT2D eigenvalue weighted by Crippen LogP contribution is 2.27. The molecule has 11 nitrogen and oxygen atoms in total. The molecule has 0 bridgehead atoms. The van der Waals surface area contributed by atoms with Crippen molar-refractivity contribution in [2.45, 2.75) is 4.90 Å². The first-order chi connectivity index (χ1) is 13.1. The van der Waals surface area contributed by atoms with Crippen molar-refractivity contribution in [3.63, 3.8) is 0 Å². The summed E-state index contributed by atoms with van der Waals surface area (Å²) in [5, 5.41) is 20.8. The number of nitrogens with two attached hydrogens (primary N) is 1. The SMILES string of the molecule is COc1ccc(C(=O)NCC(=O)Nc2ccc(S(N)(=O)=O)cc2)cc1[N+](=O)[O-]. The van der Waals surface area contributed by atoms with Gasteiger partial charge in [-0.25, -0.2) is 13.6 Å². The average Bonchev–Trinajstić information content (AvgIpc) is 2.65. The highest BCUT2D eigenvalue weighted by atomic mass is 32.2. The maximum atomic E-state index is 12.1. The topological polar surface area (TPSA) is 171 Å². The highest BCUT2D eigenvalue weighted by molar-refractivity contribution is 7.89. The van der Waals surface area contributed by atoms with Crippen LogP contribution in [0, 0.1) is 10.1 Å². The Balaban J connectivity index is 1.98. The van der Waals surface area contributed by atoms with Gasteiger partial charge in [0.05, 0.1) is 23.5 Å². The van der Waals surface area contributed by atoms with Crippen LogP contribution in [0.1, 0.15) is 10.4 Å². The molecule has 0 aromatic heterocycles. The van der Waals surface area contributed by atoms with Crippen LogP contribution in [-0.2, 0) is 14.8 Å². The predicted octanol–water partition coefficient (Wildman–Crippen LogP) is 0.619. The number of amides is 2. The smallest absolute Gasteiger partial charge is 0.311 e. The molecule has 0 aliphatic heterocycles.